The molecule has 1 amide bonds. The van der Waals surface area contributed by atoms with Crippen molar-refractivity contribution < 1.29 is 4.79 Å². The molecule has 11 heavy (non-hydrogen) atoms. The Morgan fingerprint density at radius 2 is 2.36 bits per heavy atom. The molecule has 64 valence electrons. The van der Waals surface area contributed by atoms with E-state index in [-0.39, 0.29) is 10.7 Å². The molecule has 1 unspecified atom stereocenters. The van der Waals surface area contributed by atoms with Crippen molar-refractivity contribution in [3.8, 4) is 0 Å². The first kappa shape index (κ1) is 9.04. The fraction of sp³-hybridized carbons (Fsp3) is 0.875. The van der Waals surface area contributed by atoms with Crippen molar-refractivity contribution in [2.45, 2.75) is 31.0 Å². The Labute approximate surface area is 75.9 Å². The maximum Gasteiger partial charge on any atom is 0.233 e. The Kier molecular flexibility index (Phi) is 3.37. The van der Waals surface area contributed by atoms with Gasteiger partial charge in [-0.15, -0.1) is 0 Å². The molecule has 0 aromatic heterocycles. The fourth-order valence-corrected chi connectivity index (χ4v) is 1.02. The third-order valence-corrected chi connectivity index (χ3v) is 2.97. The van der Waals surface area contributed by atoms with Gasteiger partial charge in [-0.3, -0.25) is 4.79 Å². The summed E-state index contributed by atoms with van der Waals surface area (Å²) < 4.78 is 0. The first-order valence-electron chi connectivity index (χ1n) is 4.15. The van der Waals surface area contributed by atoms with Gasteiger partial charge in [0.2, 0.25) is 5.91 Å². The van der Waals surface area contributed by atoms with Gasteiger partial charge in [0.1, 0.15) is 0 Å². The second-order valence-corrected chi connectivity index (χ2v) is 4.17. The Bertz CT molecular complexity index is 145. The lowest BCUT2D eigenvalue weighted by atomic mass is 10.3. The van der Waals surface area contributed by atoms with Crippen LogP contribution in [0.5, 0.6) is 0 Å². The number of alkyl halides is 1. The molecule has 1 saturated carbocycles. The Hall–Kier alpha value is -0.0500. The van der Waals surface area contributed by atoms with E-state index in [1.165, 1.54) is 12.8 Å². The van der Waals surface area contributed by atoms with Crippen LogP contribution in [0.4, 0.5) is 0 Å². The van der Waals surface area contributed by atoms with Gasteiger partial charge in [-0.25, -0.2) is 0 Å². The van der Waals surface area contributed by atoms with Crippen LogP contribution in [0.3, 0.4) is 0 Å². The van der Waals surface area contributed by atoms with Crippen molar-refractivity contribution in [3.05, 3.63) is 0 Å². The molecule has 0 saturated heterocycles. The molecule has 1 aliphatic rings. The van der Waals surface area contributed by atoms with Gasteiger partial charge in [-0.2, -0.15) is 0 Å². The van der Waals surface area contributed by atoms with Crippen molar-refractivity contribution in [2.24, 2.45) is 5.92 Å². The Morgan fingerprint density at radius 3 is 2.82 bits per heavy atom. The van der Waals surface area contributed by atoms with Gasteiger partial charge in [0, 0.05) is 6.54 Å². The van der Waals surface area contributed by atoms with E-state index >= 15 is 0 Å². The van der Waals surface area contributed by atoms with Gasteiger partial charge < -0.3 is 5.32 Å². The molecule has 0 aromatic rings. The second kappa shape index (κ2) is 4.10. The largest absolute Gasteiger partial charge is 0.355 e. The topological polar surface area (TPSA) is 29.1 Å². The summed E-state index contributed by atoms with van der Waals surface area (Å²) in [6, 6.07) is 0. The first-order chi connectivity index (χ1) is 5.24. The van der Waals surface area contributed by atoms with E-state index in [0.717, 1.165) is 18.9 Å². The number of carbonyl (C=O) groups is 1. The molecule has 1 fully saturated rings. The van der Waals surface area contributed by atoms with Crippen LogP contribution < -0.4 is 5.32 Å². The van der Waals surface area contributed by atoms with E-state index in [1.807, 2.05) is 6.92 Å². The zero-order chi connectivity index (χ0) is 8.27. The summed E-state index contributed by atoms with van der Waals surface area (Å²) in [6.07, 6.45) is 3.44. The summed E-state index contributed by atoms with van der Waals surface area (Å²) in [4.78, 5) is 11.1. The average Bonchev–Trinajstić information content (AvgIpc) is 2.81. The molecule has 3 heteroatoms. The third kappa shape index (κ3) is 3.23. The minimum atomic E-state index is 0.00116. The van der Waals surface area contributed by atoms with Crippen LogP contribution in [0.15, 0.2) is 0 Å². The number of nitrogens with one attached hydrogen (secondary N) is 1. The zero-order valence-electron chi connectivity index (χ0n) is 6.77. The van der Waals surface area contributed by atoms with Crippen molar-refractivity contribution in [1.82, 2.24) is 5.32 Å². The SMILES string of the molecule is CCC(Br)C(=O)NCC1CC1. The van der Waals surface area contributed by atoms with Gasteiger partial charge in [-0.1, -0.05) is 22.9 Å². The lowest BCUT2D eigenvalue weighted by molar-refractivity contribution is -0.120. The number of carbonyl (C=O) groups excluding carboxylic acids is 1. The lowest BCUT2D eigenvalue weighted by Crippen LogP contribution is -2.32. The van der Waals surface area contributed by atoms with Crippen LogP contribution in [0.1, 0.15) is 26.2 Å². The zero-order valence-corrected chi connectivity index (χ0v) is 8.36. The summed E-state index contributed by atoms with van der Waals surface area (Å²) in [6.45, 7) is 2.87. The highest BCUT2D eigenvalue weighted by Gasteiger charge is 2.22. The molecule has 0 bridgehead atoms. The van der Waals surface area contributed by atoms with E-state index < -0.39 is 0 Å². The number of halogens is 1. The van der Waals surface area contributed by atoms with Gasteiger partial charge in [0.15, 0.2) is 0 Å². The van der Waals surface area contributed by atoms with Crippen LogP contribution in [-0.2, 0) is 4.79 Å². The number of amides is 1. The fourth-order valence-electron chi connectivity index (χ4n) is 0.863. The molecule has 1 atom stereocenters. The lowest BCUT2D eigenvalue weighted by Gasteiger charge is -2.07. The highest BCUT2D eigenvalue weighted by Crippen LogP contribution is 2.27. The quantitative estimate of drug-likeness (QED) is 0.717. The van der Waals surface area contributed by atoms with E-state index in [4.69, 9.17) is 0 Å². The molecule has 0 aliphatic heterocycles. The van der Waals surface area contributed by atoms with Crippen LogP contribution in [0.25, 0.3) is 0 Å². The smallest absolute Gasteiger partial charge is 0.233 e. The van der Waals surface area contributed by atoms with Crippen molar-refractivity contribution in [2.75, 3.05) is 6.54 Å². The average molecular weight is 220 g/mol. The van der Waals surface area contributed by atoms with Gasteiger partial charge in [0.05, 0.1) is 4.83 Å². The first-order valence-corrected chi connectivity index (χ1v) is 5.07. The molecule has 0 spiro atoms. The van der Waals surface area contributed by atoms with E-state index in [9.17, 15) is 4.79 Å². The minimum absolute atomic E-state index is 0.00116. The highest BCUT2D eigenvalue weighted by molar-refractivity contribution is 9.10. The molecule has 0 radical (unpaired) electrons. The van der Waals surface area contributed by atoms with E-state index in [1.54, 1.807) is 0 Å². The molecule has 1 aliphatic carbocycles. The van der Waals surface area contributed by atoms with Crippen LogP contribution in [0, 0.1) is 5.92 Å². The summed E-state index contributed by atoms with van der Waals surface area (Å²) in [5.74, 6) is 0.912. The monoisotopic (exact) mass is 219 g/mol. The molecular weight excluding hydrogens is 206 g/mol. The van der Waals surface area contributed by atoms with E-state index in [2.05, 4.69) is 21.2 Å². The normalized spacial score (nSPS) is 19.5. The Morgan fingerprint density at radius 1 is 1.73 bits per heavy atom. The maximum absolute atomic E-state index is 11.1. The Balaban J connectivity index is 2.08. The predicted octanol–water partition coefficient (Wildman–Crippen LogP) is 1.69. The molecule has 1 rings (SSSR count). The predicted molar refractivity (Wildman–Crippen MR) is 48.7 cm³/mol. The van der Waals surface area contributed by atoms with Crippen molar-refractivity contribution in [3.63, 3.8) is 0 Å². The van der Waals surface area contributed by atoms with Crippen LogP contribution in [-0.4, -0.2) is 17.3 Å². The minimum Gasteiger partial charge on any atom is -0.355 e. The molecule has 0 heterocycles. The van der Waals surface area contributed by atoms with Crippen LogP contribution in [0.2, 0.25) is 0 Å². The van der Waals surface area contributed by atoms with Gasteiger partial charge in [-0.05, 0) is 25.2 Å². The molecular formula is C8H14BrNO. The van der Waals surface area contributed by atoms with E-state index in [0.29, 0.717) is 0 Å². The summed E-state index contributed by atoms with van der Waals surface area (Å²) in [5.41, 5.74) is 0. The standard InChI is InChI=1S/C8H14BrNO/c1-2-7(9)8(11)10-5-6-3-4-6/h6-7H,2-5H2,1H3,(H,10,11). The van der Waals surface area contributed by atoms with Gasteiger partial charge >= 0.3 is 0 Å². The van der Waals surface area contributed by atoms with Crippen molar-refractivity contribution in [1.29, 1.82) is 0 Å². The molecule has 2 nitrogen and oxygen atoms in total. The highest BCUT2D eigenvalue weighted by atomic mass is 79.9. The molecule has 1 N–H and O–H groups in total. The number of rotatable bonds is 4. The molecule has 0 aromatic carbocycles. The number of hydrogen-bond donors (Lipinski definition) is 1. The summed E-state index contributed by atoms with van der Waals surface area (Å²) in [7, 11) is 0. The number of hydrogen-bond acceptors (Lipinski definition) is 1. The summed E-state index contributed by atoms with van der Waals surface area (Å²) in [5, 5.41) is 2.91. The van der Waals surface area contributed by atoms with Gasteiger partial charge in [0.25, 0.3) is 0 Å². The van der Waals surface area contributed by atoms with Crippen molar-refractivity contribution >= 4 is 21.8 Å². The second-order valence-electron chi connectivity index (χ2n) is 3.06. The summed E-state index contributed by atoms with van der Waals surface area (Å²) >= 11 is 3.30. The third-order valence-electron chi connectivity index (χ3n) is 1.90. The van der Waals surface area contributed by atoms with Crippen LogP contribution >= 0.6 is 15.9 Å². The maximum atomic E-state index is 11.1.